The Balaban J connectivity index is 0. The predicted molar refractivity (Wildman–Crippen MR) is 155 cm³/mol. The van der Waals surface area contributed by atoms with Gasteiger partial charge >= 0.3 is 0 Å². The van der Waals surface area contributed by atoms with Gasteiger partial charge in [-0.3, -0.25) is 0 Å². The molecule has 208 valence electrons. The van der Waals surface area contributed by atoms with Gasteiger partial charge in [-0.25, -0.2) is 0 Å². The molecule has 0 aliphatic rings. The molecule has 0 amide bonds. The fourth-order valence-electron chi connectivity index (χ4n) is 4.59. The summed E-state index contributed by atoms with van der Waals surface area (Å²) < 4.78 is 0. The highest BCUT2D eigenvalue weighted by atomic mass is 16.3. The van der Waals surface area contributed by atoms with Gasteiger partial charge in [-0.2, -0.15) is 0 Å². The van der Waals surface area contributed by atoms with Crippen LogP contribution >= 0.6 is 0 Å². The van der Waals surface area contributed by atoms with Crippen LogP contribution < -0.4 is 0 Å². The van der Waals surface area contributed by atoms with Gasteiger partial charge in [-0.1, -0.05) is 175 Å². The molecule has 0 rings (SSSR count). The normalized spacial score (nSPS) is 11.9. The molecule has 0 spiro atoms. The zero-order chi connectivity index (χ0) is 25.4. The van der Waals surface area contributed by atoms with E-state index in [9.17, 15) is 5.11 Å². The molecule has 1 atom stereocenters. The Morgan fingerprint density at radius 2 is 0.588 bits per heavy atom. The van der Waals surface area contributed by atoms with Gasteiger partial charge < -0.3 is 10.2 Å². The summed E-state index contributed by atoms with van der Waals surface area (Å²) in [7, 11) is 0. The first-order valence-corrected chi connectivity index (χ1v) is 16.0. The maximum Gasteiger partial charge on any atom is 0.0540 e. The molecular weight excluding hydrogens is 416 g/mol. The molecule has 0 radical (unpaired) electrons. The van der Waals surface area contributed by atoms with Gasteiger partial charge in [0, 0.05) is 6.61 Å². The van der Waals surface area contributed by atoms with Crippen molar-refractivity contribution in [3.8, 4) is 0 Å². The fourth-order valence-corrected chi connectivity index (χ4v) is 4.59. The number of unbranched alkanes of at least 4 members (excludes halogenated alkanes) is 22. The van der Waals surface area contributed by atoms with E-state index in [4.69, 9.17) is 5.11 Å². The Kier molecular flexibility index (Phi) is 37.2. The second kappa shape index (κ2) is 35.1. The van der Waals surface area contributed by atoms with E-state index in [-0.39, 0.29) is 6.10 Å². The molecule has 1 unspecified atom stereocenters. The minimum Gasteiger partial charge on any atom is -0.396 e. The molecule has 0 saturated heterocycles. The van der Waals surface area contributed by atoms with E-state index in [0.717, 1.165) is 19.3 Å². The van der Waals surface area contributed by atoms with Crippen LogP contribution in [0.15, 0.2) is 0 Å². The molecular formula is C32H68O2. The predicted octanol–water partition coefficient (Wildman–Crippen LogP) is 10.9. The first kappa shape index (κ1) is 36.1. The van der Waals surface area contributed by atoms with E-state index in [2.05, 4.69) is 20.8 Å². The van der Waals surface area contributed by atoms with Crippen molar-refractivity contribution in [2.24, 2.45) is 0 Å². The van der Waals surface area contributed by atoms with Crippen LogP contribution in [-0.4, -0.2) is 22.9 Å². The van der Waals surface area contributed by atoms with Gasteiger partial charge in [0.1, 0.15) is 0 Å². The van der Waals surface area contributed by atoms with Crippen molar-refractivity contribution in [2.45, 2.75) is 200 Å². The van der Waals surface area contributed by atoms with Gasteiger partial charge in [0.15, 0.2) is 0 Å². The Morgan fingerprint density at radius 3 is 0.853 bits per heavy atom. The summed E-state index contributed by atoms with van der Waals surface area (Å²) in [6.45, 7) is 7.16. The first-order chi connectivity index (χ1) is 16.7. The largest absolute Gasteiger partial charge is 0.396 e. The molecule has 0 fully saturated rings. The highest BCUT2D eigenvalue weighted by Crippen LogP contribution is 2.15. The summed E-state index contributed by atoms with van der Waals surface area (Å²) in [5, 5.41) is 18.5. The molecule has 0 bridgehead atoms. The number of aliphatic hydroxyl groups excluding tert-OH is 2. The Morgan fingerprint density at radius 1 is 0.353 bits per heavy atom. The molecule has 2 nitrogen and oxygen atoms in total. The Bertz CT molecular complexity index is 308. The second-order valence-corrected chi connectivity index (χ2v) is 10.7. The van der Waals surface area contributed by atoms with Crippen LogP contribution in [0, 0.1) is 0 Å². The molecule has 2 heteroatoms. The van der Waals surface area contributed by atoms with Crippen molar-refractivity contribution < 1.29 is 10.2 Å². The first-order valence-electron chi connectivity index (χ1n) is 16.0. The molecule has 0 aromatic carbocycles. The average Bonchev–Trinajstić information content (AvgIpc) is 2.84. The van der Waals surface area contributed by atoms with Crippen molar-refractivity contribution in [1.29, 1.82) is 0 Å². The summed E-state index contributed by atoms with van der Waals surface area (Å²) in [6.07, 6.45) is 35.7. The van der Waals surface area contributed by atoms with E-state index in [1.807, 2.05) is 0 Å². The third-order valence-electron chi connectivity index (χ3n) is 7.04. The van der Waals surface area contributed by atoms with Crippen LogP contribution in [-0.2, 0) is 0 Å². The lowest BCUT2D eigenvalue weighted by Gasteiger charge is -2.10. The zero-order valence-electron chi connectivity index (χ0n) is 24.3. The van der Waals surface area contributed by atoms with Crippen LogP contribution in [0.5, 0.6) is 0 Å². The summed E-state index contributed by atoms with van der Waals surface area (Å²) in [4.78, 5) is 0. The molecule has 34 heavy (non-hydrogen) atoms. The van der Waals surface area contributed by atoms with E-state index < -0.39 is 0 Å². The third-order valence-corrected chi connectivity index (χ3v) is 7.04. The minimum absolute atomic E-state index is 0.0271. The number of rotatable bonds is 27. The standard InChI is InChI=1S/C20H42O.C12H26O/c1-3-5-7-9-11-12-13-15-17-19-20(21)18-16-14-10-8-6-4-2;1-2-3-4-5-6-7-8-9-10-11-12-13/h20-21H,3-19H2,1-2H3;13H,2-12H2,1H3. The van der Waals surface area contributed by atoms with Crippen molar-refractivity contribution >= 4 is 0 Å². The molecule has 0 aliphatic carbocycles. The van der Waals surface area contributed by atoms with Crippen LogP contribution in [0.2, 0.25) is 0 Å². The fraction of sp³-hybridized carbons (Fsp3) is 1.00. The molecule has 0 saturated carbocycles. The van der Waals surface area contributed by atoms with E-state index >= 15 is 0 Å². The minimum atomic E-state index is -0.0271. The number of aliphatic hydroxyl groups is 2. The van der Waals surface area contributed by atoms with E-state index in [1.54, 1.807) is 0 Å². The second-order valence-electron chi connectivity index (χ2n) is 10.7. The Labute approximate surface area is 217 Å². The average molecular weight is 485 g/mol. The molecule has 0 aromatic heterocycles. The molecule has 2 N–H and O–H groups in total. The number of hydrogen-bond donors (Lipinski definition) is 2. The van der Waals surface area contributed by atoms with Gasteiger partial charge in [-0.15, -0.1) is 0 Å². The molecule has 0 aromatic rings. The highest BCUT2D eigenvalue weighted by molar-refractivity contribution is 4.57. The maximum atomic E-state index is 9.95. The zero-order valence-corrected chi connectivity index (χ0v) is 24.3. The third kappa shape index (κ3) is 36.5. The van der Waals surface area contributed by atoms with Crippen LogP contribution in [0.25, 0.3) is 0 Å². The van der Waals surface area contributed by atoms with Crippen molar-refractivity contribution in [2.75, 3.05) is 6.61 Å². The monoisotopic (exact) mass is 485 g/mol. The lowest BCUT2D eigenvalue weighted by Crippen LogP contribution is -2.05. The summed E-state index contributed by atoms with van der Waals surface area (Å²) in [5.41, 5.74) is 0. The van der Waals surface area contributed by atoms with E-state index in [1.165, 1.54) is 154 Å². The van der Waals surface area contributed by atoms with Gasteiger partial charge in [0.05, 0.1) is 6.10 Å². The highest BCUT2D eigenvalue weighted by Gasteiger charge is 2.03. The van der Waals surface area contributed by atoms with Crippen LogP contribution in [0.4, 0.5) is 0 Å². The topological polar surface area (TPSA) is 40.5 Å². The van der Waals surface area contributed by atoms with Gasteiger partial charge in [0.2, 0.25) is 0 Å². The summed E-state index contributed by atoms with van der Waals surface area (Å²) >= 11 is 0. The quantitative estimate of drug-likeness (QED) is 0.114. The van der Waals surface area contributed by atoms with Crippen molar-refractivity contribution in [1.82, 2.24) is 0 Å². The number of hydrogen-bond acceptors (Lipinski definition) is 2. The van der Waals surface area contributed by atoms with Gasteiger partial charge in [0.25, 0.3) is 0 Å². The smallest absolute Gasteiger partial charge is 0.0540 e. The SMILES string of the molecule is CCCCCCCCCCCC(O)CCCCCCCC.CCCCCCCCCCCCO. The summed E-state index contributed by atoms with van der Waals surface area (Å²) in [6, 6.07) is 0. The molecule has 0 aliphatic heterocycles. The van der Waals surface area contributed by atoms with Crippen molar-refractivity contribution in [3.63, 3.8) is 0 Å². The van der Waals surface area contributed by atoms with Crippen LogP contribution in [0.3, 0.4) is 0 Å². The maximum absolute atomic E-state index is 9.95. The van der Waals surface area contributed by atoms with Crippen LogP contribution in [0.1, 0.15) is 194 Å². The van der Waals surface area contributed by atoms with Crippen molar-refractivity contribution in [3.05, 3.63) is 0 Å². The lowest BCUT2D eigenvalue weighted by atomic mass is 10.0. The Hall–Kier alpha value is -0.0800. The summed E-state index contributed by atoms with van der Waals surface area (Å²) in [5.74, 6) is 0. The van der Waals surface area contributed by atoms with Gasteiger partial charge in [-0.05, 0) is 19.3 Å². The molecule has 0 heterocycles. The van der Waals surface area contributed by atoms with E-state index in [0.29, 0.717) is 6.61 Å². The lowest BCUT2D eigenvalue weighted by molar-refractivity contribution is 0.147.